The van der Waals surface area contributed by atoms with Crippen LogP contribution in [0.4, 0.5) is 15.3 Å². The van der Waals surface area contributed by atoms with Gasteiger partial charge in [-0.05, 0) is 41.7 Å². The van der Waals surface area contributed by atoms with Gasteiger partial charge in [-0.15, -0.1) is 0 Å². The van der Waals surface area contributed by atoms with Crippen LogP contribution in [-0.4, -0.2) is 34.1 Å². The van der Waals surface area contributed by atoms with E-state index in [1.54, 1.807) is 0 Å². The highest BCUT2D eigenvalue weighted by Gasteiger charge is 2.31. The lowest BCUT2D eigenvalue weighted by atomic mass is 10.0. The number of anilines is 1. The quantitative estimate of drug-likeness (QED) is 0.463. The number of nitrogens with one attached hydrogen (secondary N) is 1. The highest BCUT2D eigenvalue weighted by Crippen LogP contribution is 2.27. The van der Waals surface area contributed by atoms with Gasteiger partial charge in [0.1, 0.15) is 0 Å². The van der Waals surface area contributed by atoms with Crippen LogP contribution in [0.2, 0.25) is 0 Å². The first-order valence-electron chi connectivity index (χ1n) is 10.7. The van der Waals surface area contributed by atoms with Crippen LogP contribution in [0.25, 0.3) is 11.1 Å². The summed E-state index contributed by atoms with van der Waals surface area (Å²) >= 11 is 1.03. The van der Waals surface area contributed by atoms with Crippen LogP contribution in [0.5, 0.6) is 0 Å². The fourth-order valence-electron chi connectivity index (χ4n) is 3.64. The molecule has 7 heteroatoms. The normalized spacial score (nSPS) is 15.7. The standard InChI is InChI=1S/C24H28N2O4S/c1-2-3-4-5-6-14-26(24(29)30)20-9-7-8-19(16-20)18-12-10-17(11-13-18)15-21-22(27)25-23(28)31-21/h7-13,16,21H,2-6,14-15H2,1H3,(H,29,30)(H,25,27,28). The molecular weight excluding hydrogens is 412 g/mol. The predicted octanol–water partition coefficient (Wildman–Crippen LogP) is 5.70. The predicted molar refractivity (Wildman–Crippen MR) is 125 cm³/mol. The fraction of sp³-hybridized carbons (Fsp3) is 0.375. The summed E-state index contributed by atoms with van der Waals surface area (Å²) in [6.45, 7) is 2.65. The van der Waals surface area contributed by atoms with Gasteiger partial charge < -0.3 is 5.11 Å². The zero-order valence-corrected chi connectivity index (χ0v) is 18.5. The van der Waals surface area contributed by atoms with Gasteiger partial charge in [-0.2, -0.15) is 0 Å². The van der Waals surface area contributed by atoms with Crippen LogP contribution in [0.3, 0.4) is 0 Å². The summed E-state index contributed by atoms with van der Waals surface area (Å²) < 4.78 is 0. The Labute approximate surface area is 187 Å². The first-order valence-corrected chi connectivity index (χ1v) is 11.6. The molecule has 1 unspecified atom stereocenters. The molecule has 3 amide bonds. The molecule has 0 bridgehead atoms. The van der Waals surface area contributed by atoms with Crippen LogP contribution in [-0.2, 0) is 11.2 Å². The Kier molecular flexibility index (Phi) is 8.12. The Balaban J connectivity index is 1.67. The second-order valence-electron chi connectivity index (χ2n) is 7.68. The Morgan fingerprint density at radius 1 is 1.03 bits per heavy atom. The van der Waals surface area contributed by atoms with Gasteiger partial charge in [0, 0.05) is 12.2 Å². The average molecular weight is 441 g/mol. The molecule has 164 valence electrons. The number of imide groups is 1. The van der Waals surface area contributed by atoms with Crippen molar-refractivity contribution >= 4 is 34.7 Å². The van der Waals surface area contributed by atoms with Gasteiger partial charge in [0.25, 0.3) is 5.24 Å². The number of carbonyl (C=O) groups excluding carboxylic acids is 2. The van der Waals surface area contributed by atoms with Crippen molar-refractivity contribution in [2.45, 2.75) is 50.7 Å². The summed E-state index contributed by atoms with van der Waals surface area (Å²) in [5.41, 5.74) is 3.55. The minimum absolute atomic E-state index is 0.241. The van der Waals surface area contributed by atoms with E-state index in [9.17, 15) is 19.5 Å². The van der Waals surface area contributed by atoms with Crippen molar-refractivity contribution in [3.05, 3.63) is 54.1 Å². The molecule has 1 fully saturated rings. The lowest BCUT2D eigenvalue weighted by Gasteiger charge is -2.20. The monoisotopic (exact) mass is 440 g/mol. The van der Waals surface area contributed by atoms with E-state index in [-0.39, 0.29) is 16.4 Å². The fourth-order valence-corrected chi connectivity index (χ4v) is 4.50. The molecule has 0 spiro atoms. The first-order chi connectivity index (χ1) is 15.0. The van der Waals surface area contributed by atoms with Gasteiger partial charge in [-0.3, -0.25) is 19.8 Å². The van der Waals surface area contributed by atoms with Gasteiger partial charge in [0.2, 0.25) is 5.91 Å². The van der Waals surface area contributed by atoms with E-state index in [0.717, 1.165) is 54.1 Å². The summed E-state index contributed by atoms with van der Waals surface area (Å²) in [4.78, 5) is 36.3. The van der Waals surface area contributed by atoms with Crippen molar-refractivity contribution in [2.24, 2.45) is 0 Å². The number of unbranched alkanes of at least 4 members (excludes halogenated alkanes) is 4. The van der Waals surface area contributed by atoms with Crippen LogP contribution < -0.4 is 10.2 Å². The van der Waals surface area contributed by atoms with E-state index in [4.69, 9.17) is 0 Å². The Morgan fingerprint density at radius 3 is 2.42 bits per heavy atom. The minimum Gasteiger partial charge on any atom is -0.465 e. The van der Waals surface area contributed by atoms with E-state index in [1.165, 1.54) is 11.3 Å². The van der Waals surface area contributed by atoms with Crippen LogP contribution in [0.1, 0.15) is 44.6 Å². The number of carbonyl (C=O) groups is 3. The molecule has 0 saturated carbocycles. The molecule has 1 atom stereocenters. The molecule has 1 heterocycles. The smallest absolute Gasteiger partial charge is 0.411 e. The van der Waals surface area contributed by atoms with Gasteiger partial charge in [-0.1, -0.05) is 80.8 Å². The van der Waals surface area contributed by atoms with E-state index in [0.29, 0.717) is 18.7 Å². The van der Waals surface area contributed by atoms with Crippen molar-refractivity contribution in [3.63, 3.8) is 0 Å². The largest absolute Gasteiger partial charge is 0.465 e. The molecule has 0 radical (unpaired) electrons. The Hall–Kier alpha value is -2.80. The SMILES string of the molecule is CCCCCCCN(C(=O)O)c1cccc(-c2ccc(CC3SC(=O)NC3=O)cc2)c1. The molecular formula is C24H28N2O4S. The average Bonchev–Trinajstić information content (AvgIpc) is 3.07. The zero-order chi connectivity index (χ0) is 22.2. The highest BCUT2D eigenvalue weighted by molar-refractivity contribution is 8.15. The minimum atomic E-state index is -0.940. The third-order valence-corrected chi connectivity index (χ3v) is 6.33. The van der Waals surface area contributed by atoms with E-state index in [1.807, 2.05) is 48.5 Å². The molecule has 1 aliphatic heterocycles. The van der Waals surface area contributed by atoms with Crippen LogP contribution >= 0.6 is 11.8 Å². The van der Waals surface area contributed by atoms with Crippen molar-refractivity contribution in [1.82, 2.24) is 5.32 Å². The number of rotatable bonds is 10. The van der Waals surface area contributed by atoms with Gasteiger partial charge in [-0.25, -0.2) is 4.79 Å². The summed E-state index contributed by atoms with van der Waals surface area (Å²) in [6, 6.07) is 15.4. The topological polar surface area (TPSA) is 86.7 Å². The maximum Gasteiger partial charge on any atom is 0.411 e. The summed E-state index contributed by atoms with van der Waals surface area (Å²) in [5.74, 6) is -0.241. The molecule has 31 heavy (non-hydrogen) atoms. The van der Waals surface area contributed by atoms with Crippen molar-refractivity contribution in [1.29, 1.82) is 0 Å². The van der Waals surface area contributed by atoms with Gasteiger partial charge >= 0.3 is 6.09 Å². The Morgan fingerprint density at radius 2 is 1.77 bits per heavy atom. The molecule has 1 aliphatic rings. The summed E-state index contributed by atoms with van der Waals surface area (Å²) in [7, 11) is 0. The van der Waals surface area contributed by atoms with Crippen molar-refractivity contribution in [2.75, 3.05) is 11.4 Å². The van der Waals surface area contributed by atoms with E-state index >= 15 is 0 Å². The van der Waals surface area contributed by atoms with Crippen LogP contribution in [0, 0.1) is 0 Å². The second-order valence-corrected chi connectivity index (χ2v) is 8.86. The molecule has 1 saturated heterocycles. The van der Waals surface area contributed by atoms with Gasteiger partial charge in [0.15, 0.2) is 0 Å². The van der Waals surface area contributed by atoms with Gasteiger partial charge in [0.05, 0.1) is 5.25 Å². The maximum atomic E-state index is 11.8. The number of amides is 3. The molecule has 2 aromatic carbocycles. The molecule has 2 N–H and O–H groups in total. The first kappa shape index (κ1) is 22.9. The highest BCUT2D eigenvalue weighted by atomic mass is 32.2. The number of nitrogens with zero attached hydrogens (tertiary/aromatic N) is 1. The number of hydrogen-bond donors (Lipinski definition) is 2. The molecule has 2 aromatic rings. The molecule has 0 aliphatic carbocycles. The number of benzene rings is 2. The summed E-state index contributed by atoms with van der Waals surface area (Å²) in [5, 5.41) is 11.3. The molecule has 3 rings (SSSR count). The summed E-state index contributed by atoms with van der Waals surface area (Å²) in [6.07, 6.45) is 4.90. The van der Waals surface area contributed by atoms with E-state index < -0.39 is 6.09 Å². The second kappa shape index (κ2) is 11.0. The third-order valence-electron chi connectivity index (χ3n) is 5.35. The zero-order valence-electron chi connectivity index (χ0n) is 17.7. The molecule has 6 nitrogen and oxygen atoms in total. The van der Waals surface area contributed by atoms with E-state index in [2.05, 4.69) is 12.2 Å². The number of carboxylic acid groups (broad SMARTS) is 1. The Bertz CT molecular complexity index is 929. The lowest BCUT2D eigenvalue weighted by Crippen LogP contribution is -2.30. The maximum absolute atomic E-state index is 11.8. The molecule has 0 aromatic heterocycles. The third kappa shape index (κ3) is 6.34. The van der Waals surface area contributed by atoms with Crippen molar-refractivity contribution < 1.29 is 19.5 Å². The number of thioether (sulfide) groups is 1. The van der Waals surface area contributed by atoms with Crippen molar-refractivity contribution in [3.8, 4) is 11.1 Å². The van der Waals surface area contributed by atoms with Crippen LogP contribution in [0.15, 0.2) is 48.5 Å². The number of hydrogen-bond acceptors (Lipinski definition) is 4. The lowest BCUT2D eigenvalue weighted by molar-refractivity contribution is -0.118.